The molecule has 100 valence electrons. The summed E-state index contributed by atoms with van der Waals surface area (Å²) in [4.78, 5) is 10.8. The fraction of sp³-hybridized carbons (Fsp3) is 0.417. The second-order valence-corrected chi connectivity index (χ2v) is 6.35. The van der Waals surface area contributed by atoms with Crippen LogP contribution in [0.15, 0.2) is 30.3 Å². The first-order valence-electron chi connectivity index (χ1n) is 5.60. The fourth-order valence-corrected chi connectivity index (χ4v) is 3.35. The van der Waals surface area contributed by atoms with Crippen molar-refractivity contribution in [2.24, 2.45) is 5.92 Å². The number of rotatable bonds is 6. The first kappa shape index (κ1) is 14.5. The number of para-hydroxylation sites is 1. The minimum atomic E-state index is -3.62. The highest BCUT2D eigenvalue weighted by Crippen LogP contribution is 2.19. The third kappa shape index (κ3) is 4.03. The van der Waals surface area contributed by atoms with E-state index in [0.29, 0.717) is 5.69 Å². The Morgan fingerprint density at radius 2 is 1.83 bits per heavy atom. The summed E-state index contributed by atoms with van der Waals surface area (Å²) in [6, 6.07) is 8.27. The van der Waals surface area contributed by atoms with Crippen LogP contribution in [0.1, 0.15) is 13.8 Å². The van der Waals surface area contributed by atoms with Crippen molar-refractivity contribution in [3.8, 4) is 0 Å². The zero-order valence-corrected chi connectivity index (χ0v) is 11.2. The van der Waals surface area contributed by atoms with Crippen molar-refractivity contribution in [3.05, 3.63) is 30.3 Å². The number of benzene rings is 1. The normalized spacial score (nSPS) is 11.5. The summed E-state index contributed by atoms with van der Waals surface area (Å²) in [7, 11) is -3.62. The molecule has 1 N–H and O–H groups in total. The zero-order valence-electron chi connectivity index (χ0n) is 10.4. The van der Waals surface area contributed by atoms with Crippen LogP contribution in [0, 0.1) is 5.92 Å². The molecule has 0 atom stereocenters. The highest BCUT2D eigenvalue weighted by molar-refractivity contribution is 7.92. The number of hydrogen-bond acceptors (Lipinski definition) is 3. The van der Waals surface area contributed by atoms with Crippen LogP contribution >= 0.6 is 0 Å². The second-order valence-electron chi connectivity index (χ2n) is 4.41. The summed E-state index contributed by atoms with van der Waals surface area (Å²) < 4.78 is 25.2. The van der Waals surface area contributed by atoms with E-state index in [4.69, 9.17) is 5.11 Å². The average Bonchev–Trinajstić information content (AvgIpc) is 2.25. The lowest BCUT2D eigenvalue weighted by Gasteiger charge is -2.23. The zero-order chi connectivity index (χ0) is 13.8. The van der Waals surface area contributed by atoms with Crippen LogP contribution < -0.4 is 4.31 Å². The Morgan fingerprint density at radius 1 is 1.28 bits per heavy atom. The van der Waals surface area contributed by atoms with Gasteiger partial charge in [0.25, 0.3) is 0 Å². The van der Waals surface area contributed by atoms with Crippen LogP contribution in [-0.4, -0.2) is 31.8 Å². The molecule has 1 rings (SSSR count). The lowest BCUT2D eigenvalue weighted by Crippen LogP contribution is -2.38. The van der Waals surface area contributed by atoms with E-state index in [1.807, 2.05) is 0 Å². The number of nitrogens with zero attached hydrogens (tertiary/aromatic N) is 1. The van der Waals surface area contributed by atoms with E-state index in [-0.39, 0.29) is 11.7 Å². The molecule has 0 aliphatic carbocycles. The van der Waals surface area contributed by atoms with Gasteiger partial charge in [-0.25, -0.2) is 8.42 Å². The Kier molecular flexibility index (Phi) is 4.72. The number of hydrogen-bond donors (Lipinski definition) is 1. The molecule has 0 bridgehead atoms. The highest BCUT2D eigenvalue weighted by atomic mass is 32.2. The number of carboxylic acid groups (broad SMARTS) is 1. The molecule has 1 aromatic rings. The number of anilines is 1. The van der Waals surface area contributed by atoms with Crippen molar-refractivity contribution in [1.82, 2.24) is 0 Å². The molecule has 6 heteroatoms. The Labute approximate surface area is 107 Å². The van der Waals surface area contributed by atoms with Gasteiger partial charge in [0, 0.05) is 0 Å². The number of carbonyl (C=O) groups is 1. The molecular weight excluding hydrogens is 254 g/mol. The summed E-state index contributed by atoms with van der Waals surface area (Å²) in [5, 5.41) is 8.84. The smallest absolute Gasteiger partial charge is 0.324 e. The van der Waals surface area contributed by atoms with E-state index in [0.717, 1.165) is 4.31 Å². The van der Waals surface area contributed by atoms with Crippen LogP contribution in [-0.2, 0) is 14.8 Å². The Morgan fingerprint density at radius 3 is 2.28 bits per heavy atom. The molecule has 0 amide bonds. The maximum Gasteiger partial charge on any atom is 0.324 e. The molecule has 0 aliphatic rings. The van der Waals surface area contributed by atoms with Crippen molar-refractivity contribution in [2.45, 2.75) is 13.8 Å². The number of carboxylic acids is 1. The molecule has 0 radical (unpaired) electrons. The molecule has 0 saturated heterocycles. The van der Waals surface area contributed by atoms with Crippen LogP contribution in [0.5, 0.6) is 0 Å². The van der Waals surface area contributed by atoms with Gasteiger partial charge in [0.15, 0.2) is 0 Å². The molecule has 18 heavy (non-hydrogen) atoms. The second kappa shape index (κ2) is 5.86. The number of aliphatic carboxylic acids is 1. The fourth-order valence-electron chi connectivity index (χ4n) is 1.58. The van der Waals surface area contributed by atoms with Crippen molar-refractivity contribution >= 4 is 21.7 Å². The van der Waals surface area contributed by atoms with Crippen molar-refractivity contribution < 1.29 is 18.3 Å². The lowest BCUT2D eigenvalue weighted by molar-refractivity contribution is -0.135. The van der Waals surface area contributed by atoms with Gasteiger partial charge < -0.3 is 5.11 Å². The Hall–Kier alpha value is -1.56. The largest absolute Gasteiger partial charge is 0.480 e. The highest BCUT2D eigenvalue weighted by Gasteiger charge is 2.25. The van der Waals surface area contributed by atoms with Gasteiger partial charge in [-0.1, -0.05) is 32.0 Å². The van der Waals surface area contributed by atoms with Crippen molar-refractivity contribution in [3.63, 3.8) is 0 Å². The summed E-state index contributed by atoms with van der Waals surface area (Å²) in [6.45, 7) is 3.00. The van der Waals surface area contributed by atoms with Gasteiger partial charge in [-0.15, -0.1) is 0 Å². The van der Waals surface area contributed by atoms with Crippen LogP contribution in [0.25, 0.3) is 0 Å². The van der Waals surface area contributed by atoms with Crippen LogP contribution in [0.3, 0.4) is 0 Å². The maximum absolute atomic E-state index is 12.1. The third-order valence-corrected chi connectivity index (χ3v) is 4.30. The van der Waals surface area contributed by atoms with E-state index in [2.05, 4.69) is 0 Å². The molecule has 0 heterocycles. The van der Waals surface area contributed by atoms with Crippen LogP contribution in [0.4, 0.5) is 5.69 Å². The molecule has 0 unspecified atom stereocenters. The summed E-state index contributed by atoms with van der Waals surface area (Å²) >= 11 is 0. The topological polar surface area (TPSA) is 74.7 Å². The van der Waals surface area contributed by atoms with E-state index in [1.165, 1.54) is 0 Å². The van der Waals surface area contributed by atoms with E-state index < -0.39 is 22.5 Å². The van der Waals surface area contributed by atoms with Gasteiger partial charge in [-0.2, -0.15) is 0 Å². The molecule has 0 spiro atoms. The molecule has 0 aliphatic heterocycles. The minimum absolute atomic E-state index is 0.0602. The van der Waals surface area contributed by atoms with E-state index >= 15 is 0 Å². The maximum atomic E-state index is 12.1. The first-order chi connectivity index (χ1) is 8.33. The summed E-state index contributed by atoms with van der Waals surface area (Å²) in [5.41, 5.74) is 0.376. The predicted octanol–water partition coefficient (Wildman–Crippen LogP) is 1.56. The molecule has 5 nitrogen and oxygen atoms in total. The quantitative estimate of drug-likeness (QED) is 0.852. The third-order valence-electron chi connectivity index (χ3n) is 2.20. The lowest BCUT2D eigenvalue weighted by atomic mass is 10.3. The van der Waals surface area contributed by atoms with Gasteiger partial charge in [0.2, 0.25) is 10.0 Å². The van der Waals surface area contributed by atoms with Crippen molar-refractivity contribution in [2.75, 3.05) is 16.6 Å². The monoisotopic (exact) mass is 271 g/mol. The average molecular weight is 271 g/mol. The van der Waals surface area contributed by atoms with Gasteiger partial charge in [-0.05, 0) is 18.1 Å². The molecule has 0 aromatic heterocycles. The minimum Gasteiger partial charge on any atom is -0.480 e. The molecule has 0 fully saturated rings. The van der Waals surface area contributed by atoms with Gasteiger partial charge in [0.1, 0.15) is 6.54 Å². The van der Waals surface area contributed by atoms with Crippen LogP contribution in [0.2, 0.25) is 0 Å². The van der Waals surface area contributed by atoms with Crippen molar-refractivity contribution in [1.29, 1.82) is 0 Å². The van der Waals surface area contributed by atoms with E-state index in [9.17, 15) is 13.2 Å². The SMILES string of the molecule is CC(C)CS(=O)(=O)N(CC(=O)O)c1ccccc1. The van der Waals surface area contributed by atoms with E-state index in [1.54, 1.807) is 44.2 Å². The predicted molar refractivity (Wildman–Crippen MR) is 70.0 cm³/mol. The molecular formula is C12H17NO4S. The molecule has 1 aromatic carbocycles. The van der Waals surface area contributed by atoms with Gasteiger partial charge in [-0.3, -0.25) is 9.10 Å². The first-order valence-corrected chi connectivity index (χ1v) is 7.21. The van der Waals surface area contributed by atoms with Gasteiger partial charge in [0.05, 0.1) is 11.4 Å². The summed E-state index contributed by atoms with van der Waals surface area (Å²) in [6.07, 6.45) is 0. The molecule has 0 saturated carbocycles. The standard InChI is InChI=1S/C12H17NO4S/c1-10(2)9-18(16,17)13(8-12(14)15)11-6-4-3-5-7-11/h3-7,10H,8-9H2,1-2H3,(H,14,15). The number of sulfonamides is 1. The van der Waals surface area contributed by atoms with Gasteiger partial charge >= 0.3 is 5.97 Å². The Balaban J connectivity index is 3.10. The Bertz CT molecular complexity index is 496. The summed E-state index contributed by atoms with van der Waals surface area (Å²) in [5.74, 6) is -1.31.